The first-order valence-corrected chi connectivity index (χ1v) is 6.93. The average Bonchev–Trinajstić information content (AvgIpc) is 2.49. The predicted octanol–water partition coefficient (Wildman–Crippen LogP) is 4.24. The van der Waals surface area contributed by atoms with Gasteiger partial charge in [-0.3, -0.25) is 4.79 Å². The second-order valence-corrected chi connectivity index (χ2v) is 5.37. The Morgan fingerprint density at radius 3 is 2.38 bits per heavy atom. The van der Waals surface area contributed by atoms with Crippen LogP contribution in [0, 0.1) is 18.3 Å². The number of nitriles is 1. The van der Waals surface area contributed by atoms with Gasteiger partial charge in [0.15, 0.2) is 0 Å². The number of hydrogen-bond acceptors (Lipinski definition) is 2. The molecule has 0 aliphatic rings. The van der Waals surface area contributed by atoms with Crippen molar-refractivity contribution in [1.82, 2.24) is 0 Å². The van der Waals surface area contributed by atoms with E-state index in [2.05, 4.69) is 25.2 Å². The number of aryl methyl sites for hydroxylation is 1. The zero-order valence-electron chi connectivity index (χ0n) is 12.5. The van der Waals surface area contributed by atoms with Crippen molar-refractivity contribution >= 4 is 11.6 Å². The molecule has 0 bridgehead atoms. The Kier molecular flexibility index (Phi) is 4.39. The molecule has 0 fully saturated rings. The summed E-state index contributed by atoms with van der Waals surface area (Å²) in [5.41, 5.74) is 3.95. The van der Waals surface area contributed by atoms with Gasteiger partial charge in [0.25, 0.3) is 5.91 Å². The highest BCUT2D eigenvalue weighted by molar-refractivity contribution is 6.04. The molecular weight excluding hydrogens is 260 g/mol. The molecule has 0 aliphatic carbocycles. The molecule has 2 aromatic carbocycles. The molecule has 0 heterocycles. The van der Waals surface area contributed by atoms with Gasteiger partial charge in [-0.05, 0) is 48.2 Å². The maximum Gasteiger partial charge on any atom is 0.255 e. The maximum absolute atomic E-state index is 12.3. The van der Waals surface area contributed by atoms with Crippen LogP contribution < -0.4 is 5.32 Å². The minimum absolute atomic E-state index is 0.163. The van der Waals surface area contributed by atoms with Crippen LogP contribution in [0.2, 0.25) is 0 Å². The highest BCUT2D eigenvalue weighted by Crippen LogP contribution is 2.19. The smallest absolute Gasteiger partial charge is 0.255 e. The molecule has 3 heteroatoms. The summed E-state index contributed by atoms with van der Waals surface area (Å²) in [5.74, 6) is 0.278. The van der Waals surface area contributed by atoms with Gasteiger partial charge in [0.2, 0.25) is 0 Å². The van der Waals surface area contributed by atoms with E-state index in [4.69, 9.17) is 5.26 Å². The van der Waals surface area contributed by atoms with Crippen molar-refractivity contribution in [3.8, 4) is 6.07 Å². The van der Waals surface area contributed by atoms with Crippen LogP contribution in [0.15, 0.2) is 42.5 Å². The Morgan fingerprint density at radius 1 is 1.14 bits per heavy atom. The lowest BCUT2D eigenvalue weighted by atomic mass is 10.0. The molecule has 3 nitrogen and oxygen atoms in total. The minimum Gasteiger partial charge on any atom is -0.322 e. The highest BCUT2D eigenvalue weighted by atomic mass is 16.1. The van der Waals surface area contributed by atoms with Crippen molar-refractivity contribution < 1.29 is 4.79 Å². The fourth-order valence-electron chi connectivity index (χ4n) is 2.04. The molecule has 0 radical (unpaired) electrons. The van der Waals surface area contributed by atoms with Crippen molar-refractivity contribution in [2.24, 2.45) is 0 Å². The van der Waals surface area contributed by atoms with Crippen LogP contribution in [-0.2, 0) is 0 Å². The Balaban J connectivity index is 2.20. The van der Waals surface area contributed by atoms with Crippen LogP contribution in [0.1, 0.15) is 46.8 Å². The quantitative estimate of drug-likeness (QED) is 0.912. The van der Waals surface area contributed by atoms with Gasteiger partial charge in [0.05, 0.1) is 11.6 Å². The molecule has 2 rings (SSSR count). The summed E-state index contributed by atoms with van der Waals surface area (Å²) in [6, 6.07) is 14.9. The van der Waals surface area contributed by atoms with Gasteiger partial charge in [-0.1, -0.05) is 32.0 Å². The first-order chi connectivity index (χ1) is 10.0. The van der Waals surface area contributed by atoms with Gasteiger partial charge in [0.1, 0.15) is 0 Å². The van der Waals surface area contributed by atoms with E-state index in [0.717, 1.165) is 5.56 Å². The summed E-state index contributed by atoms with van der Waals surface area (Å²) in [6.07, 6.45) is 0. The number of hydrogen-bond donors (Lipinski definition) is 1. The molecular formula is C18H18N2O. The second-order valence-electron chi connectivity index (χ2n) is 5.37. The van der Waals surface area contributed by atoms with Crippen LogP contribution in [0.4, 0.5) is 5.69 Å². The van der Waals surface area contributed by atoms with Crippen molar-refractivity contribution in [2.45, 2.75) is 26.7 Å². The van der Waals surface area contributed by atoms with Gasteiger partial charge < -0.3 is 5.32 Å². The van der Waals surface area contributed by atoms with Crippen LogP contribution in [0.5, 0.6) is 0 Å². The van der Waals surface area contributed by atoms with Crippen LogP contribution in [0.3, 0.4) is 0 Å². The lowest BCUT2D eigenvalue weighted by molar-refractivity contribution is 0.102. The fourth-order valence-corrected chi connectivity index (χ4v) is 2.04. The summed E-state index contributed by atoms with van der Waals surface area (Å²) in [6.45, 7) is 6.14. The SMILES string of the molecule is Cc1ccc(C#N)cc1NC(=O)c1ccc(C(C)C)cc1. The van der Waals surface area contributed by atoms with Crippen molar-refractivity contribution in [3.05, 3.63) is 64.7 Å². The average molecular weight is 278 g/mol. The number of nitrogens with zero attached hydrogens (tertiary/aromatic N) is 1. The Labute approximate surface area is 125 Å². The van der Waals surface area contributed by atoms with Crippen LogP contribution in [0.25, 0.3) is 0 Å². The second kappa shape index (κ2) is 6.23. The van der Waals surface area contributed by atoms with E-state index in [0.29, 0.717) is 22.7 Å². The first kappa shape index (κ1) is 14.8. The molecule has 0 aliphatic heterocycles. The first-order valence-electron chi connectivity index (χ1n) is 6.93. The monoisotopic (exact) mass is 278 g/mol. The lowest BCUT2D eigenvalue weighted by Crippen LogP contribution is -2.13. The third kappa shape index (κ3) is 3.49. The zero-order valence-corrected chi connectivity index (χ0v) is 12.5. The zero-order chi connectivity index (χ0) is 15.4. The number of carbonyl (C=O) groups excluding carboxylic acids is 1. The van der Waals surface area contributed by atoms with E-state index < -0.39 is 0 Å². The van der Waals surface area contributed by atoms with E-state index in [1.165, 1.54) is 5.56 Å². The number of rotatable bonds is 3. The summed E-state index contributed by atoms with van der Waals surface area (Å²) < 4.78 is 0. The molecule has 2 aromatic rings. The molecule has 106 valence electrons. The molecule has 0 aromatic heterocycles. The standard InChI is InChI=1S/C18H18N2O/c1-12(2)15-6-8-16(9-7-15)18(21)20-17-10-14(11-19)5-4-13(17)3/h4-10,12H,1-3H3,(H,20,21). The summed E-state index contributed by atoms with van der Waals surface area (Å²) in [5, 5.41) is 11.8. The third-order valence-corrected chi connectivity index (χ3v) is 3.45. The Hall–Kier alpha value is -2.60. The van der Waals surface area contributed by atoms with E-state index in [-0.39, 0.29) is 5.91 Å². The van der Waals surface area contributed by atoms with Crippen LogP contribution >= 0.6 is 0 Å². The fraction of sp³-hybridized carbons (Fsp3) is 0.222. The number of anilines is 1. The number of carbonyl (C=O) groups is 1. The number of benzene rings is 2. The molecule has 0 unspecified atom stereocenters. The minimum atomic E-state index is -0.163. The lowest BCUT2D eigenvalue weighted by Gasteiger charge is -2.10. The predicted molar refractivity (Wildman–Crippen MR) is 84.4 cm³/mol. The molecule has 1 N–H and O–H groups in total. The van der Waals surface area contributed by atoms with Gasteiger partial charge in [-0.25, -0.2) is 0 Å². The molecule has 0 atom stereocenters. The summed E-state index contributed by atoms with van der Waals surface area (Å²) >= 11 is 0. The van der Waals surface area contributed by atoms with Gasteiger partial charge in [-0.15, -0.1) is 0 Å². The summed E-state index contributed by atoms with van der Waals surface area (Å²) in [7, 11) is 0. The Bertz CT molecular complexity index is 694. The van der Waals surface area contributed by atoms with E-state index in [9.17, 15) is 4.79 Å². The van der Waals surface area contributed by atoms with E-state index in [1.807, 2.05) is 37.3 Å². The van der Waals surface area contributed by atoms with E-state index in [1.54, 1.807) is 12.1 Å². The number of nitrogens with one attached hydrogen (secondary N) is 1. The largest absolute Gasteiger partial charge is 0.322 e. The third-order valence-electron chi connectivity index (χ3n) is 3.45. The molecule has 0 saturated heterocycles. The van der Waals surface area contributed by atoms with Crippen LogP contribution in [-0.4, -0.2) is 5.91 Å². The molecule has 1 amide bonds. The highest BCUT2D eigenvalue weighted by Gasteiger charge is 2.09. The maximum atomic E-state index is 12.3. The van der Waals surface area contributed by atoms with Gasteiger partial charge >= 0.3 is 0 Å². The van der Waals surface area contributed by atoms with Crippen molar-refractivity contribution in [3.63, 3.8) is 0 Å². The molecule has 21 heavy (non-hydrogen) atoms. The normalized spacial score (nSPS) is 10.2. The van der Waals surface area contributed by atoms with Crippen molar-refractivity contribution in [1.29, 1.82) is 5.26 Å². The summed E-state index contributed by atoms with van der Waals surface area (Å²) in [4.78, 5) is 12.3. The molecule has 0 saturated carbocycles. The topological polar surface area (TPSA) is 52.9 Å². The molecule has 0 spiro atoms. The van der Waals surface area contributed by atoms with Crippen molar-refractivity contribution in [2.75, 3.05) is 5.32 Å². The van der Waals surface area contributed by atoms with Gasteiger partial charge in [0, 0.05) is 11.3 Å². The number of amides is 1. The Morgan fingerprint density at radius 2 is 1.81 bits per heavy atom. The van der Waals surface area contributed by atoms with Gasteiger partial charge in [-0.2, -0.15) is 5.26 Å². The van der Waals surface area contributed by atoms with E-state index >= 15 is 0 Å².